The van der Waals surface area contributed by atoms with Crippen LogP contribution in [0.3, 0.4) is 0 Å². The minimum Gasteiger partial charge on any atom is -0.354 e. The molecular weight excluding hydrogens is 656 g/mol. The number of aromatic nitrogens is 6. The largest absolute Gasteiger partial charge is 0.354 e. The molecule has 2 aliphatic carbocycles. The number of halogens is 1. The number of H-pyrrole nitrogens is 2. The molecule has 0 unspecified atom stereocenters. The number of aromatic amines is 2. The van der Waals surface area contributed by atoms with Gasteiger partial charge in [0.1, 0.15) is 34.9 Å². The Balaban J connectivity index is 0.000000122. The summed E-state index contributed by atoms with van der Waals surface area (Å²) in [6.45, 7) is 11.4. The van der Waals surface area contributed by atoms with E-state index in [-0.39, 0.29) is 0 Å². The van der Waals surface area contributed by atoms with Gasteiger partial charge in [-0.15, -0.1) is 0 Å². The molecule has 2 aromatic carbocycles. The first-order chi connectivity index (χ1) is 25.1. The lowest BCUT2D eigenvalue weighted by Gasteiger charge is -2.25. The van der Waals surface area contributed by atoms with E-state index in [9.17, 15) is 0 Å². The van der Waals surface area contributed by atoms with Crippen molar-refractivity contribution in [2.24, 2.45) is 10.8 Å². The Bertz CT molecular complexity index is 2000. The number of rotatable bonds is 5. The zero-order valence-corrected chi connectivity index (χ0v) is 29.9. The molecule has 4 fully saturated rings. The van der Waals surface area contributed by atoms with Gasteiger partial charge in [-0.1, -0.05) is 72.3 Å². The molecule has 4 aliphatic rings. The molecule has 6 heterocycles. The van der Waals surface area contributed by atoms with E-state index in [2.05, 4.69) is 117 Å². The van der Waals surface area contributed by atoms with Crippen molar-refractivity contribution in [2.75, 3.05) is 57.3 Å². The van der Waals surface area contributed by atoms with Gasteiger partial charge in [0.2, 0.25) is 0 Å². The van der Waals surface area contributed by atoms with Crippen molar-refractivity contribution in [3.05, 3.63) is 114 Å². The van der Waals surface area contributed by atoms with Crippen molar-refractivity contribution in [3.63, 3.8) is 0 Å². The molecule has 0 atom stereocenters. The average Bonchev–Trinajstić information content (AvgIpc) is 4.01. The molecule has 2 spiro atoms. The van der Waals surface area contributed by atoms with E-state index in [4.69, 9.17) is 11.6 Å². The molecule has 264 valence electrons. The third kappa shape index (κ3) is 8.42. The monoisotopic (exact) mass is 702 g/mol. The third-order valence-electron chi connectivity index (χ3n) is 10.8. The maximum atomic E-state index is 5.73. The van der Waals surface area contributed by atoms with E-state index in [1.54, 1.807) is 12.5 Å². The SMILES string of the molecule is Clc1ncnc2[nH]ccc12.c1ccc(CN2CCN(c3ncnc4[nH]ccc34)CC3(CC3)C2)cc1.c1ccc(CN2CCNCC3(CC3)C2)cc1. The summed E-state index contributed by atoms with van der Waals surface area (Å²) in [5.41, 5.74) is 5.63. The molecule has 3 N–H and O–H groups in total. The molecule has 0 radical (unpaired) electrons. The molecule has 2 saturated heterocycles. The molecule has 11 heteroatoms. The first-order valence-corrected chi connectivity index (χ1v) is 18.6. The van der Waals surface area contributed by atoms with Gasteiger partial charge in [-0.05, 0) is 54.4 Å². The van der Waals surface area contributed by atoms with Crippen molar-refractivity contribution in [1.82, 2.24) is 45.0 Å². The predicted octanol–water partition coefficient (Wildman–Crippen LogP) is 6.54. The molecule has 2 saturated carbocycles. The van der Waals surface area contributed by atoms with Gasteiger partial charge in [-0.3, -0.25) is 9.80 Å². The fourth-order valence-electron chi connectivity index (χ4n) is 7.64. The van der Waals surface area contributed by atoms with Crippen molar-refractivity contribution >= 4 is 39.5 Å². The van der Waals surface area contributed by atoms with Crippen molar-refractivity contribution in [3.8, 4) is 0 Å². The summed E-state index contributed by atoms with van der Waals surface area (Å²) in [5, 5.41) is 6.07. The molecule has 10 rings (SSSR count). The number of nitrogens with one attached hydrogen (secondary N) is 3. The van der Waals surface area contributed by atoms with Crippen molar-refractivity contribution < 1.29 is 0 Å². The Morgan fingerprint density at radius 3 is 1.84 bits per heavy atom. The highest BCUT2D eigenvalue weighted by Gasteiger charge is 2.47. The van der Waals surface area contributed by atoms with Crippen LogP contribution in [0.2, 0.25) is 5.15 Å². The predicted molar refractivity (Wildman–Crippen MR) is 205 cm³/mol. The second-order valence-corrected chi connectivity index (χ2v) is 15.2. The summed E-state index contributed by atoms with van der Waals surface area (Å²) >= 11 is 5.73. The van der Waals surface area contributed by atoms with Crippen LogP contribution in [0.15, 0.2) is 97.8 Å². The molecule has 51 heavy (non-hydrogen) atoms. The zero-order valence-electron chi connectivity index (χ0n) is 29.1. The lowest BCUT2D eigenvalue weighted by Crippen LogP contribution is -2.31. The van der Waals surface area contributed by atoms with Crippen LogP contribution in [0.4, 0.5) is 5.82 Å². The Morgan fingerprint density at radius 2 is 1.20 bits per heavy atom. The van der Waals surface area contributed by atoms with Crippen molar-refractivity contribution in [1.29, 1.82) is 0 Å². The highest BCUT2D eigenvalue weighted by molar-refractivity contribution is 6.33. The Hall–Kier alpha value is -4.35. The second kappa shape index (κ2) is 15.1. The summed E-state index contributed by atoms with van der Waals surface area (Å²) in [7, 11) is 0. The van der Waals surface area contributed by atoms with Gasteiger partial charge in [-0.25, -0.2) is 19.9 Å². The van der Waals surface area contributed by atoms with E-state index >= 15 is 0 Å². The molecule has 2 aliphatic heterocycles. The molecular formula is C40H47ClN10. The Morgan fingerprint density at radius 1 is 0.608 bits per heavy atom. The van der Waals surface area contributed by atoms with Gasteiger partial charge in [0.15, 0.2) is 0 Å². The van der Waals surface area contributed by atoms with Crippen LogP contribution in [-0.4, -0.2) is 92.1 Å². The number of hydrogen-bond donors (Lipinski definition) is 3. The summed E-state index contributed by atoms with van der Waals surface area (Å²) in [6.07, 6.45) is 12.4. The molecule has 0 amide bonds. The highest BCUT2D eigenvalue weighted by Crippen LogP contribution is 2.49. The highest BCUT2D eigenvalue weighted by atomic mass is 35.5. The van der Waals surface area contributed by atoms with Crippen molar-refractivity contribution in [2.45, 2.75) is 38.8 Å². The molecule has 6 aromatic rings. The van der Waals surface area contributed by atoms with E-state index in [0.717, 1.165) is 67.2 Å². The summed E-state index contributed by atoms with van der Waals surface area (Å²) < 4.78 is 0. The Kier molecular flexibility index (Phi) is 10.00. The quantitative estimate of drug-likeness (QED) is 0.174. The van der Waals surface area contributed by atoms with Crippen LogP contribution in [0, 0.1) is 10.8 Å². The summed E-state index contributed by atoms with van der Waals surface area (Å²) in [6, 6.07) is 25.6. The van der Waals surface area contributed by atoms with Crippen LogP contribution in [0.25, 0.3) is 22.1 Å². The zero-order chi connectivity index (χ0) is 34.5. The number of hydrogen-bond acceptors (Lipinski definition) is 8. The summed E-state index contributed by atoms with van der Waals surface area (Å²) in [5.74, 6) is 1.08. The number of nitrogens with zero attached hydrogens (tertiary/aromatic N) is 7. The van der Waals surface area contributed by atoms with Crippen LogP contribution in [0.5, 0.6) is 0 Å². The number of fused-ring (bicyclic) bond motifs is 2. The van der Waals surface area contributed by atoms with Gasteiger partial charge in [0, 0.05) is 83.3 Å². The second-order valence-electron chi connectivity index (χ2n) is 14.8. The number of benzene rings is 2. The van der Waals surface area contributed by atoms with Crippen LogP contribution < -0.4 is 10.2 Å². The lowest BCUT2D eigenvalue weighted by molar-refractivity contribution is 0.240. The van der Waals surface area contributed by atoms with Gasteiger partial charge >= 0.3 is 0 Å². The topological polar surface area (TPSA) is 105 Å². The van der Waals surface area contributed by atoms with Gasteiger partial charge in [-0.2, -0.15) is 0 Å². The molecule has 10 nitrogen and oxygen atoms in total. The molecule has 4 aromatic heterocycles. The average molecular weight is 703 g/mol. The van der Waals surface area contributed by atoms with E-state index in [1.807, 2.05) is 12.3 Å². The Labute approximate surface area is 304 Å². The standard InChI is InChI=1S/C20H23N5.C14H20N2.C6H4ClN3/c1-2-4-16(5-3-1)12-24-10-11-25(14-20(13-24)7-8-20)19-17-6-9-21-18(17)22-15-23-19;1-2-4-13(5-3-1)10-16-9-8-15-11-14(12-16)6-7-14;7-5-4-1-2-8-6(4)10-3-9-5/h1-6,9,15H,7-8,10-14H2,(H,21,22,23);1-5,15H,6-12H2;1-3H,(H,8,9,10). The number of anilines is 1. The summed E-state index contributed by atoms with van der Waals surface area (Å²) in [4.78, 5) is 30.6. The minimum atomic E-state index is 0.443. The maximum Gasteiger partial charge on any atom is 0.142 e. The van der Waals surface area contributed by atoms with Crippen LogP contribution in [-0.2, 0) is 13.1 Å². The van der Waals surface area contributed by atoms with E-state index in [1.165, 1.54) is 69.3 Å². The van der Waals surface area contributed by atoms with E-state index < -0.39 is 0 Å². The van der Waals surface area contributed by atoms with Crippen LogP contribution in [0.1, 0.15) is 36.8 Å². The smallest absolute Gasteiger partial charge is 0.142 e. The molecule has 0 bridgehead atoms. The fraction of sp³-hybridized carbons (Fsp3) is 0.400. The van der Waals surface area contributed by atoms with Gasteiger partial charge in [0.25, 0.3) is 0 Å². The normalized spacial score (nSPS) is 19.5. The van der Waals surface area contributed by atoms with Gasteiger partial charge in [0.05, 0.1) is 10.8 Å². The minimum absolute atomic E-state index is 0.443. The van der Waals surface area contributed by atoms with Crippen LogP contribution >= 0.6 is 11.6 Å². The maximum absolute atomic E-state index is 5.73. The third-order valence-corrected chi connectivity index (χ3v) is 11.1. The first kappa shape index (κ1) is 33.8. The van der Waals surface area contributed by atoms with Gasteiger partial charge < -0.3 is 20.2 Å². The van der Waals surface area contributed by atoms with E-state index in [0.29, 0.717) is 16.0 Å². The lowest BCUT2D eigenvalue weighted by atomic mass is 10.1. The first-order valence-electron chi connectivity index (χ1n) is 18.3. The fourth-order valence-corrected chi connectivity index (χ4v) is 7.84.